The minimum absolute atomic E-state index is 0.333. The Morgan fingerprint density at radius 3 is 2.67 bits per heavy atom. The molecule has 0 unspecified atom stereocenters. The molecule has 0 aromatic carbocycles. The predicted molar refractivity (Wildman–Crippen MR) is 62.8 cm³/mol. The van der Waals surface area contributed by atoms with Gasteiger partial charge >= 0.3 is 0 Å². The Morgan fingerprint density at radius 2 is 2.20 bits per heavy atom. The van der Waals surface area contributed by atoms with Gasteiger partial charge in [0.2, 0.25) is 5.91 Å². The van der Waals surface area contributed by atoms with Crippen molar-refractivity contribution < 1.29 is 4.79 Å². The normalized spacial score (nSPS) is 16.1. The van der Waals surface area contributed by atoms with Crippen LogP contribution in [0.1, 0.15) is 39.0 Å². The maximum Gasteiger partial charge on any atom is 0.222 e. The average molecular weight is 212 g/mol. The van der Waals surface area contributed by atoms with Gasteiger partial charge in [0.1, 0.15) is 0 Å². The molecule has 0 aromatic heterocycles. The van der Waals surface area contributed by atoms with E-state index in [2.05, 4.69) is 12.2 Å². The summed E-state index contributed by atoms with van der Waals surface area (Å²) in [5.41, 5.74) is 0. The Labute approximate surface area is 93.2 Å². The highest BCUT2D eigenvalue weighted by atomic mass is 16.2. The summed E-state index contributed by atoms with van der Waals surface area (Å²) in [6.45, 7) is 4.88. The Balaban J connectivity index is 2.19. The first-order valence-corrected chi connectivity index (χ1v) is 6.20. The van der Waals surface area contributed by atoms with E-state index in [1.54, 1.807) is 0 Å². The number of hydrogen-bond acceptors (Lipinski definition) is 2. The smallest absolute Gasteiger partial charge is 0.222 e. The molecule has 1 saturated carbocycles. The van der Waals surface area contributed by atoms with Crippen molar-refractivity contribution in [2.24, 2.45) is 5.92 Å². The third-order valence-corrected chi connectivity index (χ3v) is 3.26. The fraction of sp³-hybridized carbons (Fsp3) is 0.917. The van der Waals surface area contributed by atoms with E-state index in [-0.39, 0.29) is 0 Å². The van der Waals surface area contributed by atoms with Gasteiger partial charge in [-0.1, -0.05) is 6.42 Å². The zero-order chi connectivity index (χ0) is 11.1. The fourth-order valence-electron chi connectivity index (χ4n) is 1.97. The molecule has 0 atom stereocenters. The molecule has 1 amide bonds. The summed E-state index contributed by atoms with van der Waals surface area (Å²) in [5.74, 6) is 1.12. The van der Waals surface area contributed by atoms with E-state index in [1.807, 2.05) is 11.9 Å². The fourth-order valence-corrected chi connectivity index (χ4v) is 1.97. The first kappa shape index (κ1) is 12.5. The van der Waals surface area contributed by atoms with Crippen LogP contribution in [0.2, 0.25) is 0 Å². The van der Waals surface area contributed by atoms with Crippen molar-refractivity contribution in [1.82, 2.24) is 10.2 Å². The summed E-state index contributed by atoms with van der Waals surface area (Å²) < 4.78 is 0. The van der Waals surface area contributed by atoms with E-state index >= 15 is 0 Å². The molecular formula is C12H24N2O. The highest BCUT2D eigenvalue weighted by Gasteiger charge is 2.22. The number of carbonyl (C=O) groups is 1. The Hall–Kier alpha value is -0.570. The maximum absolute atomic E-state index is 11.8. The van der Waals surface area contributed by atoms with Gasteiger partial charge in [0.05, 0.1) is 0 Å². The molecule has 0 aliphatic heterocycles. The molecule has 15 heavy (non-hydrogen) atoms. The van der Waals surface area contributed by atoms with Crippen molar-refractivity contribution in [3.63, 3.8) is 0 Å². The van der Waals surface area contributed by atoms with Crippen LogP contribution in [0.15, 0.2) is 0 Å². The van der Waals surface area contributed by atoms with E-state index in [9.17, 15) is 4.79 Å². The molecule has 0 bridgehead atoms. The third kappa shape index (κ3) is 4.20. The van der Waals surface area contributed by atoms with Gasteiger partial charge in [-0.2, -0.15) is 0 Å². The number of rotatable bonds is 7. The van der Waals surface area contributed by atoms with E-state index in [4.69, 9.17) is 0 Å². The summed E-state index contributed by atoms with van der Waals surface area (Å²) in [6.07, 6.45) is 5.65. The molecule has 1 aliphatic carbocycles. The molecule has 88 valence electrons. The van der Waals surface area contributed by atoms with Crippen molar-refractivity contribution in [2.75, 3.05) is 26.7 Å². The monoisotopic (exact) mass is 212 g/mol. The van der Waals surface area contributed by atoms with E-state index in [1.165, 1.54) is 19.3 Å². The summed E-state index contributed by atoms with van der Waals surface area (Å²) in [6, 6.07) is 0. The number of carbonyl (C=O) groups excluding carboxylic acids is 1. The molecule has 0 saturated heterocycles. The van der Waals surface area contributed by atoms with Crippen molar-refractivity contribution in [3.8, 4) is 0 Å². The average Bonchev–Trinajstić information content (AvgIpc) is 2.16. The molecule has 3 nitrogen and oxygen atoms in total. The standard InChI is InChI=1S/C12H24N2O/c1-3-14(10-11-6-4-7-11)12(15)8-5-9-13-2/h11,13H,3-10H2,1-2H3. The highest BCUT2D eigenvalue weighted by molar-refractivity contribution is 5.76. The number of nitrogens with one attached hydrogen (secondary N) is 1. The van der Waals surface area contributed by atoms with E-state index in [0.717, 1.165) is 32.0 Å². The molecule has 0 spiro atoms. The Kier molecular flexibility index (Phi) is 5.69. The molecule has 1 aliphatic rings. The maximum atomic E-state index is 11.8. The van der Waals surface area contributed by atoms with Crippen molar-refractivity contribution in [3.05, 3.63) is 0 Å². The lowest BCUT2D eigenvalue weighted by Gasteiger charge is -2.31. The van der Waals surface area contributed by atoms with Gasteiger partial charge in [0.25, 0.3) is 0 Å². The summed E-state index contributed by atoms with van der Waals surface area (Å²) in [7, 11) is 1.93. The zero-order valence-electron chi connectivity index (χ0n) is 10.1. The molecular weight excluding hydrogens is 188 g/mol. The molecule has 1 fully saturated rings. The summed E-state index contributed by atoms with van der Waals surface area (Å²) >= 11 is 0. The van der Waals surface area contributed by atoms with Crippen LogP contribution < -0.4 is 5.32 Å². The molecule has 0 heterocycles. The molecule has 1 N–H and O–H groups in total. The number of nitrogens with zero attached hydrogens (tertiary/aromatic N) is 1. The zero-order valence-corrected chi connectivity index (χ0v) is 10.1. The minimum Gasteiger partial charge on any atom is -0.343 e. The van der Waals surface area contributed by atoms with Crippen LogP contribution in [-0.4, -0.2) is 37.5 Å². The largest absolute Gasteiger partial charge is 0.343 e. The quantitative estimate of drug-likeness (QED) is 0.651. The second-order valence-corrected chi connectivity index (χ2v) is 4.44. The van der Waals surface area contributed by atoms with Gasteiger partial charge in [0, 0.05) is 19.5 Å². The van der Waals surface area contributed by atoms with Gasteiger partial charge in [-0.3, -0.25) is 4.79 Å². The molecule has 0 radical (unpaired) electrons. The van der Waals surface area contributed by atoms with Gasteiger partial charge in [0.15, 0.2) is 0 Å². The predicted octanol–water partition coefficient (Wildman–Crippen LogP) is 1.63. The second-order valence-electron chi connectivity index (χ2n) is 4.44. The van der Waals surface area contributed by atoms with Crippen LogP contribution in [0.25, 0.3) is 0 Å². The number of amides is 1. The van der Waals surface area contributed by atoms with Gasteiger partial charge in [-0.05, 0) is 45.7 Å². The van der Waals surface area contributed by atoms with Crippen LogP contribution >= 0.6 is 0 Å². The SMILES string of the molecule is CCN(CC1CCC1)C(=O)CCCNC. The number of hydrogen-bond donors (Lipinski definition) is 1. The first-order valence-electron chi connectivity index (χ1n) is 6.20. The van der Waals surface area contributed by atoms with Gasteiger partial charge in [-0.25, -0.2) is 0 Å². The van der Waals surface area contributed by atoms with Gasteiger partial charge < -0.3 is 10.2 Å². The van der Waals surface area contributed by atoms with Crippen molar-refractivity contribution >= 4 is 5.91 Å². The van der Waals surface area contributed by atoms with E-state index in [0.29, 0.717) is 12.3 Å². The van der Waals surface area contributed by atoms with E-state index < -0.39 is 0 Å². The lowest BCUT2D eigenvalue weighted by atomic mass is 9.85. The second kappa shape index (κ2) is 6.83. The summed E-state index contributed by atoms with van der Waals surface area (Å²) in [4.78, 5) is 13.9. The first-order chi connectivity index (χ1) is 7.27. The highest BCUT2D eigenvalue weighted by Crippen LogP contribution is 2.27. The molecule has 1 rings (SSSR count). The van der Waals surface area contributed by atoms with Crippen LogP contribution in [-0.2, 0) is 4.79 Å². The Morgan fingerprint density at radius 1 is 1.47 bits per heavy atom. The topological polar surface area (TPSA) is 32.3 Å². The van der Waals surface area contributed by atoms with Crippen LogP contribution in [0.4, 0.5) is 0 Å². The lowest BCUT2D eigenvalue weighted by molar-refractivity contribution is -0.132. The molecule has 3 heteroatoms. The van der Waals surface area contributed by atoms with Crippen molar-refractivity contribution in [1.29, 1.82) is 0 Å². The van der Waals surface area contributed by atoms with Crippen LogP contribution in [0.5, 0.6) is 0 Å². The van der Waals surface area contributed by atoms with Crippen LogP contribution in [0.3, 0.4) is 0 Å². The molecule has 0 aromatic rings. The lowest BCUT2D eigenvalue weighted by Crippen LogP contribution is -2.37. The Bertz CT molecular complexity index is 190. The minimum atomic E-state index is 0.333. The third-order valence-electron chi connectivity index (χ3n) is 3.26. The van der Waals surface area contributed by atoms with Crippen LogP contribution in [0, 0.1) is 5.92 Å². The summed E-state index contributed by atoms with van der Waals surface area (Å²) in [5, 5.41) is 3.07. The van der Waals surface area contributed by atoms with Crippen molar-refractivity contribution in [2.45, 2.75) is 39.0 Å². The van der Waals surface area contributed by atoms with Gasteiger partial charge in [-0.15, -0.1) is 0 Å².